The normalized spacial score (nSPS) is 11.2. The molecule has 0 unspecified atom stereocenters. The number of aryl methyl sites for hydroxylation is 1. The van der Waals surface area contributed by atoms with Crippen molar-refractivity contribution < 1.29 is 10.0 Å². The number of hydrogen-bond donors (Lipinski definition) is 3. The van der Waals surface area contributed by atoms with Gasteiger partial charge in [0.15, 0.2) is 0 Å². The average Bonchev–Trinajstić information content (AvgIpc) is 2.23. The largest absolute Gasteiger partial charge is 0.389 e. The van der Waals surface area contributed by atoms with Gasteiger partial charge >= 0.3 is 5.69 Å². The molecule has 0 bridgehead atoms. The molecular formula is C10H17N5O3. The first kappa shape index (κ1) is 14.1. The van der Waals surface area contributed by atoms with E-state index in [4.69, 9.17) is 0 Å². The molecule has 8 heteroatoms. The van der Waals surface area contributed by atoms with Crippen LogP contribution in [-0.2, 0) is 0 Å². The maximum atomic E-state index is 11.0. The second-order valence-corrected chi connectivity index (χ2v) is 4.50. The minimum atomic E-state index is -0.994. The van der Waals surface area contributed by atoms with E-state index in [9.17, 15) is 15.2 Å². The van der Waals surface area contributed by atoms with Crippen molar-refractivity contribution in [3.63, 3.8) is 0 Å². The molecule has 0 spiro atoms. The first-order valence-electron chi connectivity index (χ1n) is 5.41. The fourth-order valence-corrected chi connectivity index (χ4v) is 1.32. The fraction of sp³-hybridized carbons (Fsp3) is 0.600. The van der Waals surface area contributed by atoms with Crippen molar-refractivity contribution in [3.05, 3.63) is 15.8 Å². The summed E-state index contributed by atoms with van der Waals surface area (Å²) in [6.07, 6.45) is 0. The van der Waals surface area contributed by atoms with E-state index in [0.717, 1.165) is 0 Å². The first-order chi connectivity index (χ1) is 8.24. The zero-order chi connectivity index (χ0) is 13.9. The SMILES string of the molecule is CNc1nc(C)c([N+](=O)[O-])c(NCC(C)(C)O)n1. The Morgan fingerprint density at radius 1 is 1.44 bits per heavy atom. The number of nitro groups is 1. The lowest BCUT2D eigenvalue weighted by Crippen LogP contribution is -2.30. The molecule has 1 aromatic rings. The van der Waals surface area contributed by atoms with E-state index in [0.29, 0.717) is 0 Å². The van der Waals surface area contributed by atoms with Crippen molar-refractivity contribution in [2.75, 3.05) is 24.2 Å². The maximum Gasteiger partial charge on any atom is 0.332 e. The van der Waals surface area contributed by atoms with Gasteiger partial charge in [-0.1, -0.05) is 0 Å². The minimum absolute atomic E-state index is 0.0963. The monoisotopic (exact) mass is 255 g/mol. The molecule has 0 amide bonds. The van der Waals surface area contributed by atoms with E-state index >= 15 is 0 Å². The number of hydrogen-bond acceptors (Lipinski definition) is 7. The van der Waals surface area contributed by atoms with Crippen molar-refractivity contribution in [1.82, 2.24) is 9.97 Å². The summed E-state index contributed by atoms with van der Waals surface area (Å²) in [6.45, 7) is 4.88. The Bertz CT molecular complexity index is 456. The molecule has 1 heterocycles. The van der Waals surface area contributed by atoms with Gasteiger partial charge in [-0.25, -0.2) is 4.98 Å². The summed E-state index contributed by atoms with van der Waals surface area (Å²) < 4.78 is 0. The van der Waals surface area contributed by atoms with Gasteiger partial charge in [-0.2, -0.15) is 4.98 Å². The summed E-state index contributed by atoms with van der Waals surface area (Å²) in [5, 5.41) is 26.1. The third-order valence-corrected chi connectivity index (χ3v) is 2.15. The van der Waals surface area contributed by atoms with Crippen molar-refractivity contribution in [3.8, 4) is 0 Å². The molecule has 0 saturated heterocycles. The topological polar surface area (TPSA) is 113 Å². The molecule has 0 radical (unpaired) electrons. The highest BCUT2D eigenvalue weighted by Gasteiger charge is 2.23. The lowest BCUT2D eigenvalue weighted by atomic mass is 10.1. The van der Waals surface area contributed by atoms with Crippen LogP contribution in [0.5, 0.6) is 0 Å². The van der Waals surface area contributed by atoms with Gasteiger partial charge in [0.25, 0.3) is 0 Å². The van der Waals surface area contributed by atoms with Crippen LogP contribution in [-0.4, -0.2) is 39.2 Å². The summed E-state index contributed by atoms with van der Waals surface area (Å²) in [6, 6.07) is 0. The summed E-state index contributed by atoms with van der Waals surface area (Å²) in [7, 11) is 1.63. The van der Waals surface area contributed by atoms with E-state index in [1.54, 1.807) is 20.9 Å². The molecule has 0 aromatic carbocycles. The fourth-order valence-electron chi connectivity index (χ4n) is 1.32. The van der Waals surface area contributed by atoms with Gasteiger partial charge in [-0.05, 0) is 20.8 Å². The van der Waals surface area contributed by atoms with E-state index in [1.165, 1.54) is 6.92 Å². The number of nitrogens with one attached hydrogen (secondary N) is 2. The Morgan fingerprint density at radius 3 is 2.50 bits per heavy atom. The molecule has 1 aromatic heterocycles. The van der Waals surface area contributed by atoms with Gasteiger partial charge < -0.3 is 15.7 Å². The standard InChI is InChI=1S/C10H17N5O3/c1-6-7(15(17)18)8(12-5-10(2,3)16)14-9(11-4)13-6/h16H,5H2,1-4H3,(H2,11,12,13,14). The van der Waals surface area contributed by atoms with E-state index in [1.807, 2.05) is 0 Å². The van der Waals surface area contributed by atoms with Crippen molar-refractivity contribution in [1.29, 1.82) is 0 Å². The van der Waals surface area contributed by atoms with Gasteiger partial charge in [0, 0.05) is 13.6 Å². The number of aliphatic hydroxyl groups is 1. The molecule has 1 rings (SSSR count). The van der Waals surface area contributed by atoms with Crippen LogP contribution in [0.1, 0.15) is 19.5 Å². The highest BCUT2D eigenvalue weighted by atomic mass is 16.6. The van der Waals surface area contributed by atoms with Crippen LogP contribution < -0.4 is 10.6 Å². The predicted molar refractivity (Wildman–Crippen MR) is 67.8 cm³/mol. The zero-order valence-electron chi connectivity index (χ0n) is 10.8. The van der Waals surface area contributed by atoms with Crippen LogP contribution in [0.15, 0.2) is 0 Å². The molecule has 100 valence electrons. The summed E-state index contributed by atoms with van der Waals surface area (Å²) in [5.41, 5.74) is -0.914. The third-order valence-electron chi connectivity index (χ3n) is 2.15. The van der Waals surface area contributed by atoms with Crippen molar-refractivity contribution in [2.24, 2.45) is 0 Å². The molecule has 3 N–H and O–H groups in total. The second-order valence-electron chi connectivity index (χ2n) is 4.50. The Labute approximate surface area is 105 Å². The molecule has 0 atom stereocenters. The molecule has 0 aliphatic rings. The Kier molecular flexibility index (Phi) is 4.02. The predicted octanol–water partition coefficient (Wildman–Crippen LogP) is 0.918. The maximum absolute atomic E-state index is 11.0. The molecule has 0 fully saturated rings. The van der Waals surface area contributed by atoms with Gasteiger partial charge in [0.05, 0.1) is 10.5 Å². The summed E-state index contributed by atoms with van der Waals surface area (Å²) in [5.74, 6) is 0.385. The average molecular weight is 255 g/mol. The minimum Gasteiger partial charge on any atom is -0.389 e. The van der Waals surface area contributed by atoms with Crippen LogP contribution in [0.2, 0.25) is 0 Å². The van der Waals surface area contributed by atoms with E-state index < -0.39 is 10.5 Å². The number of anilines is 2. The van der Waals surface area contributed by atoms with Crippen molar-refractivity contribution >= 4 is 17.5 Å². The summed E-state index contributed by atoms with van der Waals surface area (Å²) >= 11 is 0. The van der Waals surface area contributed by atoms with Gasteiger partial charge in [0.1, 0.15) is 5.69 Å². The number of aromatic nitrogens is 2. The van der Waals surface area contributed by atoms with Gasteiger partial charge in [-0.3, -0.25) is 10.1 Å². The number of rotatable bonds is 5. The van der Waals surface area contributed by atoms with E-state index in [-0.39, 0.29) is 29.7 Å². The molecule has 0 saturated carbocycles. The van der Waals surface area contributed by atoms with Crippen LogP contribution in [0.3, 0.4) is 0 Å². The Hall–Kier alpha value is -1.96. The lowest BCUT2D eigenvalue weighted by Gasteiger charge is -2.18. The first-order valence-corrected chi connectivity index (χ1v) is 5.41. The highest BCUT2D eigenvalue weighted by Crippen LogP contribution is 2.26. The highest BCUT2D eigenvalue weighted by molar-refractivity contribution is 5.60. The zero-order valence-corrected chi connectivity index (χ0v) is 10.8. The van der Waals surface area contributed by atoms with Crippen LogP contribution in [0.25, 0.3) is 0 Å². The molecule has 18 heavy (non-hydrogen) atoms. The lowest BCUT2D eigenvalue weighted by molar-refractivity contribution is -0.385. The number of nitrogens with zero attached hydrogens (tertiary/aromatic N) is 3. The smallest absolute Gasteiger partial charge is 0.332 e. The van der Waals surface area contributed by atoms with E-state index in [2.05, 4.69) is 20.6 Å². The van der Waals surface area contributed by atoms with Crippen LogP contribution in [0, 0.1) is 17.0 Å². The Balaban J connectivity index is 3.13. The van der Waals surface area contributed by atoms with Crippen LogP contribution >= 0.6 is 0 Å². The molecule has 0 aliphatic carbocycles. The quantitative estimate of drug-likeness (QED) is 0.529. The Morgan fingerprint density at radius 2 is 2.06 bits per heavy atom. The third kappa shape index (κ3) is 3.52. The van der Waals surface area contributed by atoms with Crippen LogP contribution in [0.4, 0.5) is 17.5 Å². The van der Waals surface area contributed by atoms with Crippen molar-refractivity contribution in [2.45, 2.75) is 26.4 Å². The van der Waals surface area contributed by atoms with Gasteiger partial charge in [-0.15, -0.1) is 0 Å². The summed E-state index contributed by atoms with van der Waals surface area (Å²) in [4.78, 5) is 18.4. The second kappa shape index (κ2) is 5.13. The molecule has 8 nitrogen and oxygen atoms in total. The molecule has 0 aliphatic heterocycles. The molecular weight excluding hydrogens is 238 g/mol. The van der Waals surface area contributed by atoms with Gasteiger partial charge in [0.2, 0.25) is 11.8 Å².